The predicted octanol–water partition coefficient (Wildman–Crippen LogP) is 0.556. The maximum absolute atomic E-state index is 13.1. The number of rotatable bonds is 7. The Kier molecular flexibility index (Phi) is 6.42. The summed E-state index contributed by atoms with van der Waals surface area (Å²) in [6, 6.07) is -0.206. The molecule has 0 saturated carbocycles. The molecule has 5 aromatic heterocycles. The van der Waals surface area contributed by atoms with Gasteiger partial charge in [0.05, 0.1) is 28.9 Å². The van der Waals surface area contributed by atoms with E-state index in [0.717, 1.165) is 24.0 Å². The molecule has 2 amide bonds. The number of carbonyl (C=O) groups excluding carboxylic acids is 2. The van der Waals surface area contributed by atoms with Crippen LogP contribution in [-0.2, 0) is 16.4 Å². The van der Waals surface area contributed by atoms with Gasteiger partial charge < -0.3 is 25.9 Å². The molecule has 7 rings (SSSR count). The first-order chi connectivity index (χ1) is 20.7. The Morgan fingerprint density at radius 3 is 2.44 bits per heavy atom. The number of carbonyl (C=O) groups is 2. The number of nitrogens with two attached hydrogens (primary N) is 1. The molecular formula is C24H25N13O4S2. The normalized spacial score (nSPS) is 20.1. The minimum atomic E-state index is -3.78. The second-order valence-corrected chi connectivity index (χ2v) is 13.6. The van der Waals surface area contributed by atoms with Crippen molar-refractivity contribution in [3.8, 4) is 10.4 Å². The number of thiazole rings is 1. The molecule has 2 aliphatic rings. The average Bonchev–Trinajstić information content (AvgIpc) is 3.80. The fourth-order valence-electron chi connectivity index (χ4n) is 6.09. The molecule has 0 aromatic carbocycles. The van der Waals surface area contributed by atoms with Gasteiger partial charge >= 0.3 is 0 Å². The number of nitrogen functional groups attached to an aromatic ring is 1. The number of piperidine rings is 1. The van der Waals surface area contributed by atoms with Crippen molar-refractivity contribution in [2.45, 2.75) is 55.1 Å². The number of anilines is 1. The van der Waals surface area contributed by atoms with Crippen LogP contribution in [0.15, 0.2) is 29.9 Å². The number of nitrogens with zero attached hydrogens (tertiary/aromatic N) is 9. The Labute approximate surface area is 247 Å². The van der Waals surface area contributed by atoms with Gasteiger partial charge in [-0.25, -0.2) is 18.4 Å². The molecule has 43 heavy (non-hydrogen) atoms. The highest BCUT2D eigenvalue weighted by atomic mass is 32.2. The highest BCUT2D eigenvalue weighted by molar-refractivity contribution is 7.91. The lowest BCUT2D eigenvalue weighted by Gasteiger charge is -2.38. The summed E-state index contributed by atoms with van der Waals surface area (Å²) >= 11 is 1.33. The first-order valence-corrected chi connectivity index (χ1v) is 16.0. The molecule has 3 atom stereocenters. The third-order valence-corrected chi connectivity index (χ3v) is 10.0. The molecule has 19 heteroatoms. The molecule has 7 heterocycles. The molecule has 222 valence electrons. The number of fused-ring (bicyclic) bond motifs is 3. The smallest absolute Gasteiger partial charge is 0.292 e. The molecule has 17 nitrogen and oxygen atoms in total. The van der Waals surface area contributed by atoms with E-state index in [1.54, 1.807) is 12.4 Å². The maximum atomic E-state index is 13.1. The van der Waals surface area contributed by atoms with Crippen LogP contribution in [0.2, 0.25) is 0 Å². The van der Waals surface area contributed by atoms with Gasteiger partial charge in [-0.15, -0.1) is 31.7 Å². The van der Waals surface area contributed by atoms with E-state index in [9.17, 15) is 18.0 Å². The molecule has 2 fully saturated rings. The van der Waals surface area contributed by atoms with Crippen LogP contribution in [0.25, 0.3) is 16.1 Å². The van der Waals surface area contributed by atoms with Crippen LogP contribution in [0, 0.1) is 0 Å². The largest absolute Gasteiger partial charge is 0.382 e. The minimum Gasteiger partial charge on any atom is -0.382 e. The summed E-state index contributed by atoms with van der Waals surface area (Å²) < 4.78 is 27.5. The van der Waals surface area contributed by atoms with Crippen molar-refractivity contribution in [3.63, 3.8) is 0 Å². The zero-order valence-electron chi connectivity index (χ0n) is 22.6. The van der Waals surface area contributed by atoms with E-state index in [1.807, 2.05) is 4.90 Å². The minimum absolute atomic E-state index is 0.0228. The summed E-state index contributed by atoms with van der Waals surface area (Å²) in [5, 5.41) is 22.6. The van der Waals surface area contributed by atoms with E-state index < -0.39 is 15.7 Å². The number of aromatic amines is 2. The van der Waals surface area contributed by atoms with Gasteiger partial charge in [-0.2, -0.15) is 9.61 Å². The predicted molar refractivity (Wildman–Crippen MR) is 151 cm³/mol. The lowest BCUT2D eigenvalue weighted by Crippen LogP contribution is -2.46. The highest BCUT2D eigenvalue weighted by Gasteiger charge is 2.46. The first-order valence-electron chi connectivity index (χ1n) is 13.3. The van der Waals surface area contributed by atoms with Crippen LogP contribution in [0.1, 0.15) is 63.5 Å². The Morgan fingerprint density at radius 2 is 1.79 bits per heavy atom. The van der Waals surface area contributed by atoms with Gasteiger partial charge in [0, 0.05) is 30.5 Å². The Balaban J connectivity index is 1.21. The van der Waals surface area contributed by atoms with Crippen molar-refractivity contribution >= 4 is 44.5 Å². The molecule has 5 N–H and O–H groups in total. The van der Waals surface area contributed by atoms with Crippen molar-refractivity contribution in [1.82, 2.24) is 60.2 Å². The van der Waals surface area contributed by atoms with Crippen molar-refractivity contribution in [3.05, 3.63) is 47.4 Å². The summed E-state index contributed by atoms with van der Waals surface area (Å²) in [4.78, 5) is 42.6. The second kappa shape index (κ2) is 10.2. The van der Waals surface area contributed by atoms with Crippen molar-refractivity contribution in [2.75, 3.05) is 12.0 Å². The quantitative estimate of drug-likeness (QED) is 0.195. The van der Waals surface area contributed by atoms with Gasteiger partial charge in [0.15, 0.2) is 15.5 Å². The standard InChI is InChI=1S/C24H25N13O4S2/c1-43(40,41)18-17(11-4-12-2-3-13(5-11)36(12)24(39)21-29-10-31-35-21)33-22-14(6-32-37(22)19(18)25)15-7-26-16(42-15)8-27-23(38)20-28-9-30-34-20/h6-7,9-13H,2-5,8,25H2,1H3,(H,27,38)(H,28,30,34)(H,29,31,35)/t11-,12+,13-. The van der Waals surface area contributed by atoms with E-state index in [2.05, 4.69) is 45.8 Å². The fourth-order valence-corrected chi connectivity index (χ4v) is 8.01. The van der Waals surface area contributed by atoms with Crippen LogP contribution in [0.3, 0.4) is 0 Å². The number of aromatic nitrogens is 10. The van der Waals surface area contributed by atoms with E-state index >= 15 is 0 Å². The maximum Gasteiger partial charge on any atom is 0.292 e. The molecule has 0 radical (unpaired) electrons. The fraction of sp³-hybridized carbons (Fsp3) is 0.375. The molecule has 2 bridgehead atoms. The van der Waals surface area contributed by atoms with Gasteiger partial charge in [0.1, 0.15) is 28.4 Å². The van der Waals surface area contributed by atoms with E-state index in [0.29, 0.717) is 34.8 Å². The van der Waals surface area contributed by atoms with Gasteiger partial charge in [-0.3, -0.25) is 9.59 Å². The lowest BCUT2D eigenvalue weighted by atomic mass is 9.87. The van der Waals surface area contributed by atoms with E-state index in [-0.39, 0.29) is 52.8 Å². The molecule has 2 aliphatic heterocycles. The van der Waals surface area contributed by atoms with Gasteiger partial charge in [-0.1, -0.05) is 0 Å². The summed E-state index contributed by atoms with van der Waals surface area (Å²) in [5.41, 5.74) is 7.88. The van der Waals surface area contributed by atoms with Gasteiger partial charge in [-0.05, 0) is 25.7 Å². The first kappa shape index (κ1) is 27.1. The highest BCUT2D eigenvalue weighted by Crippen LogP contribution is 2.45. The van der Waals surface area contributed by atoms with Crippen molar-refractivity contribution in [2.24, 2.45) is 0 Å². The molecular weight excluding hydrogens is 598 g/mol. The van der Waals surface area contributed by atoms with Crippen molar-refractivity contribution in [1.29, 1.82) is 0 Å². The zero-order chi connectivity index (χ0) is 29.9. The summed E-state index contributed by atoms with van der Waals surface area (Å²) in [5.74, 6) is -0.633. The topological polar surface area (TPSA) is 236 Å². The third-order valence-electron chi connectivity index (χ3n) is 7.86. The Hall–Kier alpha value is -4.78. The molecule has 2 saturated heterocycles. The third kappa shape index (κ3) is 4.69. The van der Waals surface area contributed by atoms with E-state index in [4.69, 9.17) is 10.7 Å². The SMILES string of the molecule is CS(=O)(=O)c1c([C@H]2C[C@H]3CC[C@@H](C2)N3C(=O)c2nnc[nH]2)nc2c(-c3cnc(CNC(=O)c4nnc[nH]4)s3)cnn2c1N. The molecule has 5 aromatic rings. The molecule has 0 spiro atoms. The monoisotopic (exact) mass is 623 g/mol. The number of hydrogen-bond donors (Lipinski definition) is 4. The number of nitrogens with one attached hydrogen (secondary N) is 3. The van der Waals surface area contributed by atoms with Crippen LogP contribution in [0.4, 0.5) is 5.82 Å². The lowest BCUT2D eigenvalue weighted by molar-refractivity contribution is 0.0556. The summed E-state index contributed by atoms with van der Waals surface area (Å²) in [6.07, 6.45) is 9.65. The number of H-pyrrole nitrogens is 2. The van der Waals surface area contributed by atoms with E-state index in [1.165, 1.54) is 28.5 Å². The van der Waals surface area contributed by atoms with Gasteiger partial charge in [0.2, 0.25) is 11.6 Å². The summed E-state index contributed by atoms with van der Waals surface area (Å²) in [7, 11) is -3.78. The number of amides is 2. The summed E-state index contributed by atoms with van der Waals surface area (Å²) in [6.45, 7) is 0.163. The van der Waals surface area contributed by atoms with Crippen LogP contribution < -0.4 is 11.1 Å². The van der Waals surface area contributed by atoms with Crippen LogP contribution >= 0.6 is 11.3 Å². The number of hydrogen-bond acceptors (Lipinski definition) is 13. The Bertz CT molecular complexity index is 1940. The van der Waals surface area contributed by atoms with Crippen LogP contribution in [0.5, 0.6) is 0 Å². The Morgan fingerprint density at radius 1 is 1.09 bits per heavy atom. The number of sulfone groups is 1. The van der Waals surface area contributed by atoms with Gasteiger partial charge in [0.25, 0.3) is 11.8 Å². The molecule has 0 aliphatic carbocycles. The van der Waals surface area contributed by atoms with Crippen LogP contribution in [-0.4, -0.2) is 93.4 Å². The molecule has 0 unspecified atom stereocenters. The van der Waals surface area contributed by atoms with Crippen molar-refractivity contribution < 1.29 is 18.0 Å². The zero-order valence-corrected chi connectivity index (χ0v) is 24.3. The average molecular weight is 624 g/mol. The second-order valence-electron chi connectivity index (χ2n) is 10.5.